The molecule has 11 nitrogen and oxygen atoms in total. The molecule has 0 saturated carbocycles. The fraction of sp³-hybridized carbons (Fsp3) is 0.261. The van der Waals surface area contributed by atoms with Crippen LogP contribution in [-0.4, -0.2) is 42.7 Å². The molecular weight excluding hydrogens is 537 g/mol. The van der Waals surface area contributed by atoms with Gasteiger partial charge in [0.1, 0.15) is 11.3 Å². The highest BCUT2D eigenvalue weighted by molar-refractivity contribution is 8.24. The Balaban J connectivity index is 1.88. The summed E-state index contributed by atoms with van der Waals surface area (Å²) < 4.78 is 47.2. The standard InChI is InChI=1S/C23H26N5O6PS2/c1-4-6-7-11-28-23(30)19(21(29)20(25-28)15-10-12-36-14-15)22-24-17-9-8-16(27-37(3,32)33)13-18(17)35(31,26-22)34-5-2/h1,8-10,12-14,27,29,32-33H,5-7,11H2,2-3H3,(H,24,26,31). The number of nitrogens with one attached hydrogen (secondary N) is 2. The minimum absolute atomic E-state index is 0.0485. The molecule has 2 aromatic heterocycles. The average molecular weight is 564 g/mol. The van der Waals surface area contributed by atoms with Crippen LogP contribution in [-0.2, 0) is 15.6 Å². The second-order valence-corrected chi connectivity index (χ2v) is 12.7. The smallest absolute Gasteiger partial charge is 0.348 e. The lowest BCUT2D eigenvalue weighted by Crippen LogP contribution is -2.35. The number of hydrogen-bond acceptors (Lipinski definition) is 10. The lowest BCUT2D eigenvalue weighted by atomic mass is 10.1. The highest BCUT2D eigenvalue weighted by atomic mass is 32.3. The number of aromatic hydroxyl groups is 1. The van der Waals surface area contributed by atoms with E-state index in [1.54, 1.807) is 30.5 Å². The molecule has 0 spiro atoms. The lowest BCUT2D eigenvalue weighted by molar-refractivity contribution is 0.341. The second-order valence-electron chi connectivity index (χ2n) is 8.10. The summed E-state index contributed by atoms with van der Waals surface area (Å²) in [5, 5.41) is 22.3. The fourth-order valence-electron chi connectivity index (χ4n) is 3.73. The van der Waals surface area contributed by atoms with E-state index in [1.807, 2.05) is 5.38 Å². The van der Waals surface area contributed by atoms with E-state index in [1.165, 1.54) is 28.3 Å². The van der Waals surface area contributed by atoms with Crippen LogP contribution in [0.5, 0.6) is 5.75 Å². The van der Waals surface area contributed by atoms with E-state index in [0.717, 1.165) is 0 Å². The molecule has 0 amide bonds. The normalized spacial score (nSPS) is 17.3. The number of terminal acetylenes is 1. The summed E-state index contributed by atoms with van der Waals surface area (Å²) in [6.07, 6.45) is 7.50. The van der Waals surface area contributed by atoms with Crippen LogP contribution in [0.25, 0.3) is 11.3 Å². The predicted molar refractivity (Wildman–Crippen MR) is 149 cm³/mol. The first-order chi connectivity index (χ1) is 17.6. The number of benzene rings is 1. The van der Waals surface area contributed by atoms with Crippen molar-refractivity contribution < 1.29 is 23.3 Å². The van der Waals surface area contributed by atoms with Crippen LogP contribution in [0.15, 0.2) is 44.6 Å². The van der Waals surface area contributed by atoms with Crippen molar-refractivity contribution in [1.29, 1.82) is 0 Å². The molecule has 0 bridgehead atoms. The molecule has 4 rings (SSSR count). The molecule has 0 radical (unpaired) electrons. The zero-order valence-electron chi connectivity index (χ0n) is 20.0. The molecule has 1 aliphatic heterocycles. The van der Waals surface area contributed by atoms with Crippen molar-refractivity contribution in [2.45, 2.75) is 26.3 Å². The number of aromatic nitrogens is 2. The van der Waals surface area contributed by atoms with E-state index < -0.39 is 29.6 Å². The Morgan fingerprint density at radius 1 is 1.35 bits per heavy atom. The summed E-state index contributed by atoms with van der Waals surface area (Å²) in [6, 6.07) is 6.30. The molecule has 1 unspecified atom stereocenters. The van der Waals surface area contributed by atoms with Gasteiger partial charge in [-0.3, -0.25) is 23.2 Å². The van der Waals surface area contributed by atoms with E-state index in [9.17, 15) is 23.6 Å². The van der Waals surface area contributed by atoms with Crippen molar-refractivity contribution in [1.82, 2.24) is 9.78 Å². The third kappa shape index (κ3) is 5.75. The van der Waals surface area contributed by atoms with Gasteiger partial charge in [0, 0.05) is 30.2 Å². The van der Waals surface area contributed by atoms with Gasteiger partial charge in [-0.05, 0) is 43.0 Å². The van der Waals surface area contributed by atoms with E-state index in [4.69, 9.17) is 10.9 Å². The number of hydrogen-bond donors (Lipinski definition) is 5. The van der Waals surface area contributed by atoms with E-state index in [0.29, 0.717) is 29.8 Å². The van der Waals surface area contributed by atoms with Crippen LogP contribution < -0.4 is 20.9 Å². The molecular formula is C23H26N5O6PS2. The van der Waals surface area contributed by atoms with Gasteiger partial charge >= 0.3 is 7.52 Å². The van der Waals surface area contributed by atoms with Gasteiger partial charge in [0.05, 0.1) is 23.3 Å². The van der Waals surface area contributed by atoms with Gasteiger partial charge in [-0.25, -0.2) is 4.68 Å². The minimum Gasteiger partial charge on any atom is -0.505 e. The topological polar surface area (TPSA) is 158 Å². The summed E-state index contributed by atoms with van der Waals surface area (Å²) >= 11 is 1.40. The van der Waals surface area contributed by atoms with E-state index in [2.05, 4.69) is 25.8 Å². The lowest BCUT2D eigenvalue weighted by Gasteiger charge is -2.30. The van der Waals surface area contributed by atoms with Crippen molar-refractivity contribution in [2.24, 2.45) is 4.76 Å². The maximum Gasteiger partial charge on any atom is 0.348 e. The Bertz CT molecular complexity index is 1490. The quantitative estimate of drug-likeness (QED) is 0.143. The van der Waals surface area contributed by atoms with Gasteiger partial charge in [-0.1, -0.05) is 0 Å². The van der Waals surface area contributed by atoms with Crippen molar-refractivity contribution in [3.63, 3.8) is 0 Å². The highest BCUT2D eigenvalue weighted by Gasteiger charge is 2.36. The molecule has 0 aliphatic carbocycles. The first kappa shape index (κ1) is 26.9. The molecule has 1 aliphatic rings. The third-order valence-electron chi connectivity index (χ3n) is 5.25. The van der Waals surface area contributed by atoms with Crippen LogP contribution in [0.4, 0.5) is 11.4 Å². The zero-order valence-corrected chi connectivity index (χ0v) is 22.6. The molecule has 196 valence electrons. The van der Waals surface area contributed by atoms with Gasteiger partial charge in [-0.15, -0.1) is 23.1 Å². The Hall–Kier alpha value is -3.11. The molecule has 3 aromatic rings. The number of nitrogens with zero attached hydrogens (tertiary/aromatic N) is 3. The second kappa shape index (κ2) is 10.7. The number of amidine groups is 1. The maximum atomic E-state index is 14.0. The number of rotatable bonds is 9. The van der Waals surface area contributed by atoms with Crippen LogP contribution in [0.2, 0.25) is 0 Å². The Morgan fingerprint density at radius 2 is 2.14 bits per heavy atom. The number of thiophene rings is 1. The summed E-state index contributed by atoms with van der Waals surface area (Å²) in [4.78, 5) is 13.5. The first-order valence-corrected chi connectivity index (χ1v) is 15.6. The highest BCUT2D eigenvalue weighted by Crippen LogP contribution is 2.53. The molecule has 3 heterocycles. The van der Waals surface area contributed by atoms with E-state index >= 15 is 0 Å². The number of anilines is 2. The SMILES string of the molecule is C#CCCCn1nc(-c2ccsc2)c(O)c(C2=NP(=O)(OCC)c3cc(NS(C)(O)O)ccc3N2)c1=O. The van der Waals surface area contributed by atoms with Crippen LogP contribution in [0.1, 0.15) is 25.3 Å². The number of aryl methyl sites for hydroxylation is 1. The van der Waals surface area contributed by atoms with Crippen molar-refractivity contribution >= 4 is 52.1 Å². The van der Waals surface area contributed by atoms with Crippen LogP contribution >= 0.6 is 29.6 Å². The molecule has 14 heteroatoms. The molecule has 0 fully saturated rings. The Labute approximate surface area is 219 Å². The third-order valence-corrected chi connectivity index (χ3v) is 8.61. The van der Waals surface area contributed by atoms with Crippen molar-refractivity contribution in [2.75, 3.05) is 22.9 Å². The van der Waals surface area contributed by atoms with Gasteiger partial charge in [0.15, 0.2) is 11.6 Å². The molecule has 1 aromatic carbocycles. The summed E-state index contributed by atoms with van der Waals surface area (Å²) in [5.74, 6) is 1.99. The maximum absolute atomic E-state index is 14.0. The van der Waals surface area contributed by atoms with Crippen LogP contribution in [0.3, 0.4) is 0 Å². The monoisotopic (exact) mass is 563 g/mol. The summed E-state index contributed by atoms with van der Waals surface area (Å²) in [7, 11) is -7.04. The van der Waals surface area contributed by atoms with Crippen molar-refractivity contribution in [3.05, 3.63) is 50.9 Å². The number of fused-ring (bicyclic) bond motifs is 1. The Morgan fingerprint density at radius 3 is 2.78 bits per heavy atom. The average Bonchev–Trinajstić information content (AvgIpc) is 3.35. The van der Waals surface area contributed by atoms with Crippen molar-refractivity contribution in [3.8, 4) is 29.4 Å². The van der Waals surface area contributed by atoms with Crippen LogP contribution in [0, 0.1) is 12.3 Å². The Kier molecular flexibility index (Phi) is 7.80. The van der Waals surface area contributed by atoms with E-state index in [-0.39, 0.29) is 35.5 Å². The zero-order chi connectivity index (χ0) is 26.8. The largest absolute Gasteiger partial charge is 0.505 e. The van der Waals surface area contributed by atoms with Gasteiger partial charge in [-0.2, -0.15) is 21.2 Å². The molecule has 37 heavy (non-hydrogen) atoms. The summed E-state index contributed by atoms with van der Waals surface area (Å²) in [5.41, 5.74) is 0.562. The molecule has 1 atom stereocenters. The molecule has 5 N–H and O–H groups in total. The first-order valence-electron chi connectivity index (χ1n) is 11.1. The summed E-state index contributed by atoms with van der Waals surface area (Å²) in [6.45, 7) is 1.91. The minimum atomic E-state index is -3.95. The predicted octanol–water partition coefficient (Wildman–Crippen LogP) is 4.53. The van der Waals surface area contributed by atoms with Gasteiger partial charge in [0.2, 0.25) is 0 Å². The molecule has 0 saturated heterocycles. The number of unbranched alkanes of at least 4 members (excludes halogenated alkanes) is 1. The fourth-order valence-corrected chi connectivity index (χ4v) is 6.75. The van der Waals surface area contributed by atoms with Gasteiger partial charge in [0.25, 0.3) is 5.56 Å². The van der Waals surface area contributed by atoms with Gasteiger partial charge < -0.3 is 14.9 Å².